The summed E-state index contributed by atoms with van der Waals surface area (Å²) >= 11 is 0. The smallest absolute Gasteiger partial charge is 0.255 e. The molecule has 1 N–H and O–H groups in total. The summed E-state index contributed by atoms with van der Waals surface area (Å²) in [6, 6.07) is 7.03. The number of hydrogen-bond acceptors (Lipinski definition) is 4. The number of halogens is 2. The molecule has 0 radical (unpaired) electrons. The van der Waals surface area contributed by atoms with E-state index in [-0.39, 0.29) is 17.7 Å². The Kier molecular flexibility index (Phi) is 4.30. The van der Waals surface area contributed by atoms with E-state index in [0.717, 1.165) is 23.4 Å². The molecule has 0 spiro atoms. The van der Waals surface area contributed by atoms with Crippen molar-refractivity contribution >= 4 is 0 Å². The van der Waals surface area contributed by atoms with Gasteiger partial charge in [0.2, 0.25) is 0 Å². The summed E-state index contributed by atoms with van der Waals surface area (Å²) in [6.45, 7) is 1.21. The van der Waals surface area contributed by atoms with Crippen molar-refractivity contribution in [2.24, 2.45) is 0 Å². The quantitative estimate of drug-likeness (QED) is 0.786. The fraction of sp³-hybridized carbons (Fsp3) is 0.211. The highest BCUT2D eigenvalue weighted by molar-refractivity contribution is 5.53. The number of pyridine rings is 1. The van der Waals surface area contributed by atoms with Crippen LogP contribution in [-0.2, 0) is 19.5 Å². The van der Waals surface area contributed by atoms with Gasteiger partial charge in [0.05, 0.1) is 11.3 Å². The molecule has 0 bridgehead atoms. The second-order valence-corrected chi connectivity index (χ2v) is 6.28. The summed E-state index contributed by atoms with van der Waals surface area (Å²) in [5, 5.41) is 0. The maximum absolute atomic E-state index is 13.9. The zero-order valence-electron chi connectivity index (χ0n) is 13.9. The Labute approximate surface area is 148 Å². The van der Waals surface area contributed by atoms with Gasteiger partial charge in [0.15, 0.2) is 0 Å². The van der Waals surface area contributed by atoms with Crippen molar-refractivity contribution in [1.29, 1.82) is 0 Å². The van der Waals surface area contributed by atoms with E-state index in [0.29, 0.717) is 30.9 Å². The first-order valence-electron chi connectivity index (χ1n) is 8.29. The third-order valence-electron chi connectivity index (χ3n) is 4.48. The Hall–Kier alpha value is -2.93. The molecule has 0 amide bonds. The van der Waals surface area contributed by atoms with Gasteiger partial charge in [0.1, 0.15) is 17.5 Å². The second kappa shape index (κ2) is 6.76. The van der Waals surface area contributed by atoms with Crippen LogP contribution in [0.5, 0.6) is 0 Å². The zero-order valence-corrected chi connectivity index (χ0v) is 13.9. The van der Waals surface area contributed by atoms with Crippen LogP contribution in [0.1, 0.15) is 16.8 Å². The number of hydrogen-bond donors (Lipinski definition) is 1. The van der Waals surface area contributed by atoms with Crippen LogP contribution in [0.25, 0.3) is 11.4 Å². The lowest BCUT2D eigenvalue weighted by Gasteiger charge is -2.27. The molecular formula is C19H16F2N4O. The number of aromatic amines is 1. The van der Waals surface area contributed by atoms with Gasteiger partial charge in [0, 0.05) is 49.6 Å². The van der Waals surface area contributed by atoms with Crippen LogP contribution in [0.4, 0.5) is 8.78 Å². The lowest BCUT2D eigenvalue weighted by atomic mass is 10.1. The summed E-state index contributed by atoms with van der Waals surface area (Å²) in [4.78, 5) is 25.8. The van der Waals surface area contributed by atoms with Crippen molar-refractivity contribution in [3.8, 4) is 11.4 Å². The summed E-state index contributed by atoms with van der Waals surface area (Å²) in [5.74, 6) is -0.429. The van der Waals surface area contributed by atoms with Crippen LogP contribution in [0.2, 0.25) is 0 Å². The Morgan fingerprint density at radius 2 is 2.12 bits per heavy atom. The highest BCUT2D eigenvalue weighted by Crippen LogP contribution is 2.20. The SMILES string of the molecule is O=c1[nH]c(-c2cccnc2)nc2c1CN(Cc1cc(F)ccc1F)CC2. The Morgan fingerprint density at radius 1 is 1.23 bits per heavy atom. The molecule has 1 aliphatic rings. The molecule has 26 heavy (non-hydrogen) atoms. The van der Waals surface area contributed by atoms with Crippen LogP contribution in [0.15, 0.2) is 47.5 Å². The standard InChI is InChI=1S/C19H16F2N4O/c20-14-3-4-16(21)13(8-14)10-25-7-5-17-15(11-25)19(26)24-18(23-17)12-2-1-6-22-9-12/h1-4,6,8-9H,5,7,10-11H2,(H,23,24,26). The molecule has 5 nitrogen and oxygen atoms in total. The molecule has 0 atom stereocenters. The summed E-state index contributed by atoms with van der Waals surface area (Å²) < 4.78 is 27.2. The topological polar surface area (TPSA) is 61.9 Å². The minimum absolute atomic E-state index is 0.210. The van der Waals surface area contributed by atoms with Gasteiger partial charge < -0.3 is 4.98 Å². The van der Waals surface area contributed by atoms with E-state index >= 15 is 0 Å². The van der Waals surface area contributed by atoms with Crippen LogP contribution >= 0.6 is 0 Å². The molecule has 3 aromatic rings. The predicted molar refractivity (Wildman–Crippen MR) is 92.3 cm³/mol. The third kappa shape index (κ3) is 3.25. The molecule has 2 aromatic heterocycles. The monoisotopic (exact) mass is 354 g/mol. The van der Waals surface area contributed by atoms with Gasteiger partial charge in [-0.05, 0) is 30.3 Å². The molecule has 0 fully saturated rings. The lowest BCUT2D eigenvalue weighted by molar-refractivity contribution is 0.238. The van der Waals surface area contributed by atoms with Crippen molar-refractivity contribution in [3.63, 3.8) is 0 Å². The van der Waals surface area contributed by atoms with E-state index in [4.69, 9.17) is 0 Å². The van der Waals surface area contributed by atoms with Crippen LogP contribution < -0.4 is 5.56 Å². The third-order valence-corrected chi connectivity index (χ3v) is 4.48. The van der Waals surface area contributed by atoms with E-state index in [1.54, 1.807) is 18.5 Å². The van der Waals surface area contributed by atoms with Crippen molar-refractivity contribution in [2.75, 3.05) is 6.54 Å². The first kappa shape index (κ1) is 16.5. The fourth-order valence-electron chi connectivity index (χ4n) is 3.16. The maximum atomic E-state index is 13.9. The highest BCUT2D eigenvalue weighted by atomic mass is 19.1. The molecule has 0 unspecified atom stereocenters. The van der Waals surface area contributed by atoms with E-state index in [1.807, 2.05) is 11.0 Å². The average molecular weight is 354 g/mol. The van der Waals surface area contributed by atoms with Gasteiger partial charge in [-0.25, -0.2) is 13.8 Å². The molecule has 0 saturated heterocycles. The van der Waals surface area contributed by atoms with E-state index < -0.39 is 11.6 Å². The minimum Gasteiger partial charge on any atom is -0.306 e. The first-order valence-corrected chi connectivity index (χ1v) is 8.29. The Morgan fingerprint density at radius 3 is 2.92 bits per heavy atom. The van der Waals surface area contributed by atoms with Gasteiger partial charge in [-0.15, -0.1) is 0 Å². The second-order valence-electron chi connectivity index (χ2n) is 6.28. The predicted octanol–water partition coefficient (Wildman–Crippen LogP) is 2.67. The first-order chi connectivity index (χ1) is 12.6. The van der Waals surface area contributed by atoms with Crippen molar-refractivity contribution in [2.45, 2.75) is 19.5 Å². The molecule has 3 heterocycles. The molecule has 4 rings (SSSR count). The molecule has 7 heteroatoms. The zero-order chi connectivity index (χ0) is 18.1. The van der Waals surface area contributed by atoms with Gasteiger partial charge in [-0.3, -0.25) is 14.7 Å². The van der Waals surface area contributed by atoms with Crippen molar-refractivity contribution in [1.82, 2.24) is 19.9 Å². The number of H-pyrrole nitrogens is 1. The maximum Gasteiger partial charge on any atom is 0.255 e. The highest BCUT2D eigenvalue weighted by Gasteiger charge is 2.22. The molecule has 132 valence electrons. The largest absolute Gasteiger partial charge is 0.306 e. The normalized spacial score (nSPS) is 14.2. The van der Waals surface area contributed by atoms with Crippen molar-refractivity contribution in [3.05, 3.63) is 81.5 Å². The number of fused-ring (bicyclic) bond motifs is 1. The van der Waals surface area contributed by atoms with E-state index in [9.17, 15) is 13.6 Å². The Balaban J connectivity index is 1.59. The summed E-state index contributed by atoms with van der Waals surface area (Å²) in [7, 11) is 0. The summed E-state index contributed by atoms with van der Waals surface area (Å²) in [6.07, 6.45) is 3.87. The fourth-order valence-corrected chi connectivity index (χ4v) is 3.16. The average Bonchev–Trinajstić information content (AvgIpc) is 2.66. The summed E-state index contributed by atoms with van der Waals surface area (Å²) in [5.41, 5.74) is 2.13. The van der Waals surface area contributed by atoms with Crippen LogP contribution in [-0.4, -0.2) is 26.4 Å². The van der Waals surface area contributed by atoms with Crippen LogP contribution in [0.3, 0.4) is 0 Å². The number of aromatic nitrogens is 3. The van der Waals surface area contributed by atoms with Gasteiger partial charge in [0.25, 0.3) is 5.56 Å². The van der Waals surface area contributed by atoms with E-state index in [2.05, 4.69) is 15.0 Å². The van der Waals surface area contributed by atoms with Gasteiger partial charge in [-0.2, -0.15) is 0 Å². The van der Waals surface area contributed by atoms with E-state index in [1.165, 1.54) is 6.07 Å². The lowest BCUT2D eigenvalue weighted by Crippen LogP contribution is -2.35. The number of nitrogens with zero attached hydrogens (tertiary/aromatic N) is 3. The molecule has 1 aromatic carbocycles. The van der Waals surface area contributed by atoms with Gasteiger partial charge in [-0.1, -0.05) is 0 Å². The molecule has 0 aliphatic carbocycles. The molecule has 1 aliphatic heterocycles. The van der Waals surface area contributed by atoms with Crippen molar-refractivity contribution < 1.29 is 8.78 Å². The minimum atomic E-state index is -0.473. The van der Waals surface area contributed by atoms with Gasteiger partial charge >= 0.3 is 0 Å². The Bertz CT molecular complexity index is 1000. The number of rotatable bonds is 3. The number of benzene rings is 1. The molecule has 0 saturated carbocycles. The van der Waals surface area contributed by atoms with Crippen LogP contribution in [0, 0.1) is 11.6 Å². The molecular weight excluding hydrogens is 338 g/mol. The number of nitrogens with one attached hydrogen (secondary N) is 1.